The van der Waals surface area contributed by atoms with Crippen molar-refractivity contribution in [3.63, 3.8) is 0 Å². The SMILES string of the molecule is COc1c(O)ccc2c1-c1ccc3ccc(O)cc3c1CSS[C@H]1CC[C@@H](C[C@H]1CCCO)[C@@H](O)CC(=O)CC2. The fourth-order valence-electron chi connectivity index (χ4n) is 6.44. The minimum atomic E-state index is -0.649. The highest BCUT2D eigenvalue weighted by Crippen LogP contribution is 2.49. The van der Waals surface area contributed by atoms with E-state index in [1.54, 1.807) is 29.0 Å². The van der Waals surface area contributed by atoms with Gasteiger partial charge >= 0.3 is 0 Å². The van der Waals surface area contributed by atoms with Crippen LogP contribution in [0.2, 0.25) is 0 Å². The Morgan fingerprint density at radius 2 is 1.88 bits per heavy atom. The quantitative estimate of drug-likeness (QED) is 0.254. The Hall–Kier alpha value is -2.39. The number of phenols is 2. The molecule has 0 spiro atoms. The van der Waals surface area contributed by atoms with E-state index in [0.717, 1.165) is 65.1 Å². The molecule has 2 heterocycles. The number of aryl methyl sites for hydroxylation is 1. The Balaban J connectivity index is 1.62. The molecule has 1 fully saturated rings. The topological polar surface area (TPSA) is 107 Å². The lowest BCUT2D eigenvalue weighted by atomic mass is 9.75. The van der Waals surface area contributed by atoms with Crippen molar-refractivity contribution >= 4 is 38.1 Å². The van der Waals surface area contributed by atoms with Crippen molar-refractivity contribution in [3.8, 4) is 28.4 Å². The maximum Gasteiger partial charge on any atom is 0.168 e. The normalized spacial score (nSPS) is 24.0. The number of methoxy groups -OCH3 is 1. The Morgan fingerprint density at radius 1 is 1.05 bits per heavy atom. The molecule has 3 aliphatic rings. The van der Waals surface area contributed by atoms with Crippen molar-refractivity contribution in [1.82, 2.24) is 0 Å². The van der Waals surface area contributed by atoms with Gasteiger partial charge in [0, 0.05) is 36.0 Å². The van der Waals surface area contributed by atoms with E-state index in [1.165, 1.54) is 7.11 Å². The molecule has 0 radical (unpaired) electrons. The van der Waals surface area contributed by atoms with Crippen LogP contribution in [0.15, 0.2) is 42.5 Å². The van der Waals surface area contributed by atoms with Gasteiger partial charge in [0.15, 0.2) is 11.5 Å². The summed E-state index contributed by atoms with van der Waals surface area (Å²) in [6, 6.07) is 12.9. The van der Waals surface area contributed by atoms with Crippen LogP contribution < -0.4 is 4.74 Å². The highest BCUT2D eigenvalue weighted by molar-refractivity contribution is 8.76. The Kier molecular flexibility index (Phi) is 9.51. The summed E-state index contributed by atoms with van der Waals surface area (Å²) in [6.07, 6.45) is 4.63. The van der Waals surface area contributed by atoms with E-state index in [9.17, 15) is 25.2 Å². The zero-order chi connectivity index (χ0) is 28.2. The number of ketones is 1. The van der Waals surface area contributed by atoms with Gasteiger partial charge in [0.25, 0.3) is 0 Å². The lowest BCUT2D eigenvalue weighted by Gasteiger charge is -2.37. The summed E-state index contributed by atoms with van der Waals surface area (Å²) >= 11 is 0. The van der Waals surface area contributed by atoms with Crippen LogP contribution in [-0.4, -0.2) is 51.3 Å². The number of fused-ring (bicyclic) bond motifs is 9. The summed E-state index contributed by atoms with van der Waals surface area (Å²) in [5, 5.41) is 44.1. The van der Waals surface area contributed by atoms with Gasteiger partial charge in [-0.1, -0.05) is 45.9 Å². The van der Waals surface area contributed by atoms with Gasteiger partial charge in [-0.25, -0.2) is 0 Å². The summed E-state index contributed by atoms with van der Waals surface area (Å²) in [6.45, 7) is 0.156. The smallest absolute Gasteiger partial charge is 0.168 e. The maximum atomic E-state index is 13.1. The average molecular weight is 583 g/mol. The first-order valence-corrected chi connectivity index (χ1v) is 16.5. The number of rotatable bonds is 4. The summed E-state index contributed by atoms with van der Waals surface area (Å²) in [4.78, 5) is 13.1. The maximum absolute atomic E-state index is 13.1. The Labute approximate surface area is 243 Å². The van der Waals surface area contributed by atoms with Crippen LogP contribution in [0.4, 0.5) is 0 Å². The predicted octanol–water partition coefficient (Wildman–Crippen LogP) is 6.63. The zero-order valence-corrected chi connectivity index (χ0v) is 24.5. The van der Waals surface area contributed by atoms with Gasteiger partial charge in [-0.05, 0) is 96.0 Å². The van der Waals surface area contributed by atoms with Gasteiger partial charge in [0.2, 0.25) is 0 Å². The molecule has 214 valence electrons. The third kappa shape index (κ3) is 6.25. The summed E-state index contributed by atoms with van der Waals surface area (Å²) < 4.78 is 5.72. The summed E-state index contributed by atoms with van der Waals surface area (Å²) in [7, 11) is 5.20. The number of hydrogen-bond donors (Lipinski definition) is 4. The minimum absolute atomic E-state index is 0.0280. The average Bonchev–Trinajstić information content (AvgIpc) is 2.95. The van der Waals surface area contributed by atoms with E-state index in [2.05, 4.69) is 0 Å². The highest BCUT2D eigenvalue weighted by atomic mass is 33.1. The summed E-state index contributed by atoms with van der Waals surface area (Å²) in [5.74, 6) is 1.76. The second-order valence-corrected chi connectivity index (χ2v) is 13.7. The second kappa shape index (κ2) is 13.1. The van der Waals surface area contributed by atoms with E-state index in [1.807, 2.05) is 35.1 Å². The van der Waals surface area contributed by atoms with Crippen LogP contribution in [0, 0.1) is 11.8 Å². The van der Waals surface area contributed by atoms with Crippen molar-refractivity contribution < 1.29 is 30.0 Å². The number of phenolic OH excluding ortho intramolecular Hbond substituents is 2. The van der Waals surface area contributed by atoms with Gasteiger partial charge < -0.3 is 25.2 Å². The molecule has 2 bridgehead atoms. The molecule has 2 aliphatic heterocycles. The first-order chi connectivity index (χ1) is 19.4. The van der Waals surface area contributed by atoms with Crippen LogP contribution in [0.3, 0.4) is 0 Å². The van der Waals surface area contributed by atoms with Gasteiger partial charge in [0.1, 0.15) is 11.5 Å². The molecule has 4 N–H and O–H groups in total. The van der Waals surface area contributed by atoms with Gasteiger partial charge in [-0.15, -0.1) is 0 Å². The molecule has 40 heavy (non-hydrogen) atoms. The van der Waals surface area contributed by atoms with Gasteiger partial charge in [-0.3, -0.25) is 4.79 Å². The van der Waals surface area contributed by atoms with E-state index in [0.29, 0.717) is 29.1 Å². The fourth-order valence-corrected chi connectivity index (χ4v) is 9.59. The first kappa shape index (κ1) is 29.1. The number of ether oxygens (including phenoxy) is 1. The minimum Gasteiger partial charge on any atom is -0.508 e. The third-order valence-corrected chi connectivity index (χ3v) is 11.5. The summed E-state index contributed by atoms with van der Waals surface area (Å²) in [5.41, 5.74) is 3.62. The van der Waals surface area contributed by atoms with E-state index in [4.69, 9.17) is 4.74 Å². The van der Waals surface area contributed by atoms with Crippen molar-refractivity contribution in [2.75, 3.05) is 13.7 Å². The van der Waals surface area contributed by atoms with Crippen molar-refractivity contribution in [1.29, 1.82) is 0 Å². The van der Waals surface area contributed by atoms with Crippen LogP contribution in [0.25, 0.3) is 21.9 Å². The number of benzene rings is 3. The number of aliphatic hydroxyl groups is 2. The molecule has 8 heteroatoms. The molecule has 3 aromatic carbocycles. The van der Waals surface area contributed by atoms with Gasteiger partial charge in [-0.2, -0.15) is 0 Å². The molecule has 0 aromatic heterocycles. The first-order valence-electron chi connectivity index (χ1n) is 14.1. The van der Waals surface area contributed by atoms with Gasteiger partial charge in [0.05, 0.1) is 13.2 Å². The lowest BCUT2D eigenvalue weighted by Crippen LogP contribution is -2.34. The molecule has 0 saturated heterocycles. The molecule has 6 rings (SSSR count). The number of carbonyl (C=O) groups is 1. The number of aromatic hydroxyl groups is 2. The highest BCUT2D eigenvalue weighted by Gasteiger charge is 2.35. The van der Waals surface area contributed by atoms with Crippen LogP contribution in [0.1, 0.15) is 56.1 Å². The molecule has 0 unspecified atom stereocenters. The number of hydrogen-bond acceptors (Lipinski definition) is 8. The number of Topliss-reactive ketones (excluding diaryl/α,β-unsaturated/α-hetero) is 1. The van der Waals surface area contributed by atoms with Crippen molar-refractivity contribution in [3.05, 3.63) is 53.6 Å². The van der Waals surface area contributed by atoms with E-state index < -0.39 is 6.10 Å². The molecule has 3 aromatic rings. The fraction of sp³-hybridized carbons (Fsp3) is 0.469. The third-order valence-electron chi connectivity index (χ3n) is 8.55. The molecular formula is C32H38O6S2. The Bertz CT molecular complexity index is 1360. The Morgan fingerprint density at radius 3 is 2.67 bits per heavy atom. The monoisotopic (exact) mass is 582 g/mol. The van der Waals surface area contributed by atoms with Crippen molar-refractivity contribution in [2.45, 2.75) is 68.5 Å². The van der Waals surface area contributed by atoms with Crippen LogP contribution in [-0.2, 0) is 17.0 Å². The second-order valence-electron chi connectivity index (χ2n) is 11.1. The lowest BCUT2D eigenvalue weighted by molar-refractivity contribution is -0.122. The standard InChI is InChI=1S/C32H38O6S2/c1-38-32-28(36)12-7-20-5-10-24(35)17-29(37)21-8-13-30(22(15-21)3-2-14-33)40-39-18-27-25(31(20)32)11-6-19-4-9-23(34)16-26(19)27/h4,6-7,9,11-12,16,21-22,29-30,33-34,36-37H,2-3,5,8,10,13-15,17-18H2,1H3/t21-,22+,29-,30-/m0/s1. The molecule has 0 amide bonds. The largest absolute Gasteiger partial charge is 0.508 e. The molecule has 1 saturated carbocycles. The van der Waals surface area contributed by atoms with Crippen LogP contribution in [0.5, 0.6) is 17.2 Å². The number of carbonyl (C=O) groups excluding carboxylic acids is 1. The predicted molar refractivity (Wildman–Crippen MR) is 163 cm³/mol. The van der Waals surface area contributed by atoms with E-state index in [-0.39, 0.29) is 42.6 Å². The zero-order valence-electron chi connectivity index (χ0n) is 22.8. The number of aliphatic hydroxyl groups excluding tert-OH is 2. The molecule has 4 atom stereocenters. The van der Waals surface area contributed by atoms with E-state index >= 15 is 0 Å². The van der Waals surface area contributed by atoms with Crippen molar-refractivity contribution in [2.24, 2.45) is 11.8 Å². The molecule has 1 aliphatic carbocycles. The van der Waals surface area contributed by atoms with Crippen LogP contribution >= 0.6 is 21.6 Å². The molecular weight excluding hydrogens is 544 g/mol. The molecule has 6 nitrogen and oxygen atoms in total.